The number of hydrogen-bond acceptors (Lipinski definition) is 3. The summed E-state index contributed by atoms with van der Waals surface area (Å²) in [7, 11) is 0. The standard InChI is InChI=1S/C21H34N4O2.HI/c1-5-23-20(24-13-15-8-6-9-16(12-15)19(22)26)25-14-17-10-7-11-27-18(17)21(2,3)4;/h6,8-9,12,17-18H,5,7,10-11,13-14H2,1-4H3,(H2,22,26)(H2,23,24,25);1H. The predicted octanol–water partition coefficient (Wildman–Crippen LogP) is 3.30. The van der Waals surface area contributed by atoms with Crippen LogP contribution in [0.2, 0.25) is 0 Å². The van der Waals surface area contributed by atoms with E-state index < -0.39 is 5.91 Å². The summed E-state index contributed by atoms with van der Waals surface area (Å²) in [6.45, 7) is 11.7. The topological polar surface area (TPSA) is 88.7 Å². The Morgan fingerprint density at radius 1 is 1.32 bits per heavy atom. The van der Waals surface area contributed by atoms with Crippen molar-refractivity contribution in [3.63, 3.8) is 0 Å². The van der Waals surface area contributed by atoms with Crippen LogP contribution >= 0.6 is 24.0 Å². The molecule has 0 spiro atoms. The molecule has 0 bridgehead atoms. The lowest BCUT2D eigenvalue weighted by Crippen LogP contribution is -2.47. The van der Waals surface area contributed by atoms with E-state index in [0.29, 0.717) is 18.0 Å². The fourth-order valence-corrected chi connectivity index (χ4v) is 3.57. The van der Waals surface area contributed by atoms with Gasteiger partial charge in [0, 0.05) is 31.2 Å². The van der Waals surface area contributed by atoms with Crippen LogP contribution in [0, 0.1) is 11.3 Å². The highest BCUT2D eigenvalue weighted by atomic mass is 127. The molecule has 1 aliphatic rings. The molecule has 0 aromatic heterocycles. The third-order valence-corrected chi connectivity index (χ3v) is 4.81. The monoisotopic (exact) mass is 502 g/mol. The van der Waals surface area contributed by atoms with Gasteiger partial charge in [-0.3, -0.25) is 4.79 Å². The van der Waals surface area contributed by atoms with Crippen LogP contribution in [0.5, 0.6) is 0 Å². The lowest BCUT2D eigenvalue weighted by Gasteiger charge is -2.40. The van der Waals surface area contributed by atoms with E-state index in [-0.39, 0.29) is 35.5 Å². The molecule has 0 saturated carbocycles. The summed E-state index contributed by atoms with van der Waals surface area (Å²) < 4.78 is 6.07. The van der Waals surface area contributed by atoms with E-state index in [1.165, 1.54) is 0 Å². The molecule has 1 aliphatic heterocycles. The summed E-state index contributed by atoms with van der Waals surface area (Å²) in [5, 5.41) is 6.76. The van der Waals surface area contributed by atoms with Gasteiger partial charge in [-0.15, -0.1) is 24.0 Å². The number of nitrogens with zero attached hydrogens (tertiary/aromatic N) is 1. The molecule has 4 N–H and O–H groups in total. The highest BCUT2D eigenvalue weighted by Crippen LogP contribution is 2.33. The van der Waals surface area contributed by atoms with Crippen LogP contribution in [0.1, 0.15) is 56.5 Å². The van der Waals surface area contributed by atoms with Crippen LogP contribution in [0.25, 0.3) is 0 Å². The number of halogens is 1. The van der Waals surface area contributed by atoms with Crippen molar-refractivity contribution in [3.05, 3.63) is 35.4 Å². The average Bonchev–Trinajstić information content (AvgIpc) is 2.63. The van der Waals surface area contributed by atoms with E-state index in [4.69, 9.17) is 10.5 Å². The number of guanidine groups is 1. The second-order valence-corrected chi connectivity index (χ2v) is 8.20. The third kappa shape index (κ3) is 7.58. The minimum atomic E-state index is -0.420. The molecular formula is C21H35IN4O2. The predicted molar refractivity (Wildman–Crippen MR) is 125 cm³/mol. The Labute approximate surface area is 186 Å². The third-order valence-electron chi connectivity index (χ3n) is 4.81. The summed E-state index contributed by atoms with van der Waals surface area (Å²) in [6, 6.07) is 7.29. The number of amides is 1. The van der Waals surface area contributed by atoms with Crippen LogP contribution in [0.15, 0.2) is 29.3 Å². The quantitative estimate of drug-likeness (QED) is 0.317. The van der Waals surface area contributed by atoms with Crippen molar-refractivity contribution < 1.29 is 9.53 Å². The Morgan fingerprint density at radius 2 is 2.07 bits per heavy atom. The van der Waals surface area contributed by atoms with E-state index in [9.17, 15) is 4.79 Å². The average molecular weight is 502 g/mol. The van der Waals surface area contributed by atoms with Crippen LogP contribution in [-0.2, 0) is 11.3 Å². The van der Waals surface area contributed by atoms with Gasteiger partial charge in [0.25, 0.3) is 0 Å². The Morgan fingerprint density at radius 3 is 2.71 bits per heavy atom. The van der Waals surface area contributed by atoms with E-state index >= 15 is 0 Å². The van der Waals surface area contributed by atoms with Crippen molar-refractivity contribution in [3.8, 4) is 0 Å². The fourth-order valence-electron chi connectivity index (χ4n) is 3.57. The summed E-state index contributed by atoms with van der Waals surface area (Å²) in [4.78, 5) is 16.0. The van der Waals surface area contributed by atoms with Crippen LogP contribution < -0.4 is 16.4 Å². The molecule has 7 heteroatoms. The molecule has 2 unspecified atom stereocenters. The zero-order chi connectivity index (χ0) is 19.9. The first-order chi connectivity index (χ1) is 12.8. The van der Waals surface area contributed by atoms with Crippen molar-refractivity contribution in [2.45, 2.75) is 53.2 Å². The number of aliphatic imine (C=N–C) groups is 1. The minimum Gasteiger partial charge on any atom is -0.377 e. The number of nitrogens with one attached hydrogen (secondary N) is 2. The lowest BCUT2D eigenvalue weighted by atomic mass is 9.78. The highest BCUT2D eigenvalue weighted by molar-refractivity contribution is 14.0. The van der Waals surface area contributed by atoms with Gasteiger partial charge in [0.15, 0.2) is 5.96 Å². The second-order valence-electron chi connectivity index (χ2n) is 8.20. The Hall–Kier alpha value is -1.35. The summed E-state index contributed by atoms with van der Waals surface area (Å²) >= 11 is 0. The normalized spacial score (nSPS) is 20.2. The van der Waals surface area contributed by atoms with Crippen molar-refractivity contribution in [1.82, 2.24) is 10.6 Å². The number of primary amides is 1. The molecule has 158 valence electrons. The maximum absolute atomic E-state index is 11.3. The number of ether oxygens (including phenoxy) is 1. The molecule has 0 aliphatic carbocycles. The molecule has 1 aromatic carbocycles. The number of hydrogen-bond donors (Lipinski definition) is 3. The lowest BCUT2D eigenvalue weighted by molar-refractivity contribution is -0.0835. The number of carbonyl (C=O) groups is 1. The first-order valence-electron chi connectivity index (χ1n) is 9.83. The fraction of sp³-hybridized carbons (Fsp3) is 0.619. The SMILES string of the molecule is CCNC(=NCc1cccc(C(N)=O)c1)NCC1CCCOC1C(C)(C)C.I. The van der Waals surface area contributed by atoms with Gasteiger partial charge in [-0.05, 0) is 42.9 Å². The Bertz CT molecular complexity index is 658. The zero-order valence-corrected chi connectivity index (χ0v) is 19.8. The molecule has 1 fully saturated rings. The van der Waals surface area contributed by atoms with Gasteiger partial charge in [-0.1, -0.05) is 32.9 Å². The van der Waals surface area contributed by atoms with E-state index in [0.717, 1.165) is 44.1 Å². The van der Waals surface area contributed by atoms with Gasteiger partial charge in [0.05, 0.1) is 12.6 Å². The van der Waals surface area contributed by atoms with Gasteiger partial charge in [0.2, 0.25) is 5.91 Å². The molecule has 6 nitrogen and oxygen atoms in total. The van der Waals surface area contributed by atoms with Crippen molar-refractivity contribution >= 4 is 35.8 Å². The molecule has 1 aromatic rings. The van der Waals surface area contributed by atoms with Gasteiger partial charge >= 0.3 is 0 Å². The molecule has 1 saturated heterocycles. The molecule has 2 rings (SSSR count). The maximum Gasteiger partial charge on any atom is 0.248 e. The van der Waals surface area contributed by atoms with Gasteiger partial charge in [-0.25, -0.2) is 4.99 Å². The molecule has 1 amide bonds. The van der Waals surface area contributed by atoms with Gasteiger partial charge < -0.3 is 21.1 Å². The minimum absolute atomic E-state index is 0. The van der Waals surface area contributed by atoms with Crippen LogP contribution in [-0.4, -0.2) is 37.7 Å². The Kier molecular flexibility index (Phi) is 10.2. The smallest absolute Gasteiger partial charge is 0.248 e. The van der Waals surface area contributed by atoms with E-state index in [1.54, 1.807) is 12.1 Å². The van der Waals surface area contributed by atoms with Crippen LogP contribution in [0.4, 0.5) is 0 Å². The highest BCUT2D eigenvalue weighted by Gasteiger charge is 2.35. The summed E-state index contributed by atoms with van der Waals surface area (Å²) in [5.74, 6) is 0.817. The number of rotatable bonds is 6. The maximum atomic E-state index is 11.3. The largest absolute Gasteiger partial charge is 0.377 e. The van der Waals surface area contributed by atoms with Crippen molar-refractivity contribution in [1.29, 1.82) is 0 Å². The van der Waals surface area contributed by atoms with Crippen molar-refractivity contribution in [2.24, 2.45) is 22.1 Å². The molecule has 0 radical (unpaired) electrons. The second kappa shape index (κ2) is 11.6. The van der Waals surface area contributed by atoms with E-state index in [2.05, 4.69) is 36.4 Å². The first kappa shape index (κ1) is 24.7. The zero-order valence-electron chi connectivity index (χ0n) is 17.5. The van der Waals surface area contributed by atoms with Crippen molar-refractivity contribution in [2.75, 3.05) is 19.7 Å². The first-order valence-corrected chi connectivity index (χ1v) is 9.83. The number of nitrogens with two attached hydrogens (primary N) is 1. The number of benzene rings is 1. The number of carbonyl (C=O) groups excluding carboxylic acids is 1. The van der Waals surface area contributed by atoms with E-state index in [1.807, 2.05) is 19.1 Å². The summed E-state index contributed by atoms with van der Waals surface area (Å²) in [5.41, 5.74) is 6.94. The molecule has 1 heterocycles. The summed E-state index contributed by atoms with van der Waals surface area (Å²) in [6.07, 6.45) is 2.51. The Balaban J connectivity index is 0.00000392. The molecule has 28 heavy (non-hydrogen) atoms. The molecular weight excluding hydrogens is 467 g/mol. The van der Waals surface area contributed by atoms with Gasteiger partial charge in [-0.2, -0.15) is 0 Å². The van der Waals surface area contributed by atoms with Gasteiger partial charge in [0.1, 0.15) is 0 Å². The molecule has 2 atom stereocenters. The van der Waals surface area contributed by atoms with Crippen LogP contribution in [0.3, 0.4) is 0 Å².